The van der Waals surface area contributed by atoms with E-state index in [1.54, 1.807) is 6.07 Å². The van der Waals surface area contributed by atoms with Gasteiger partial charge in [0.15, 0.2) is 11.9 Å². The number of ether oxygens (including phenoxy) is 1. The number of halogens is 1. The van der Waals surface area contributed by atoms with Crippen LogP contribution in [0.15, 0.2) is 18.3 Å². The molecule has 4 bridgehead atoms. The smallest absolute Gasteiger partial charge is 0.363 e. The molecule has 114 valence electrons. The van der Waals surface area contributed by atoms with Crippen LogP contribution in [0.2, 0.25) is 0 Å². The van der Waals surface area contributed by atoms with Crippen LogP contribution in [0.3, 0.4) is 0 Å². The number of pyridine rings is 1. The van der Waals surface area contributed by atoms with Crippen molar-refractivity contribution < 1.29 is 9.66 Å². The van der Waals surface area contributed by atoms with E-state index in [-0.39, 0.29) is 24.3 Å². The summed E-state index contributed by atoms with van der Waals surface area (Å²) in [5.74, 6) is 2.59. The summed E-state index contributed by atoms with van der Waals surface area (Å²) in [5, 5.41) is 10.6. The van der Waals surface area contributed by atoms with Gasteiger partial charge in [0.2, 0.25) is 0 Å². The number of hydrogen-bond donors (Lipinski definition) is 0. The van der Waals surface area contributed by atoms with Gasteiger partial charge < -0.3 is 19.8 Å². The summed E-state index contributed by atoms with van der Waals surface area (Å²) < 4.78 is 6.11. The highest BCUT2D eigenvalue weighted by Crippen LogP contribution is 2.44. The zero-order valence-corrected chi connectivity index (χ0v) is 12.4. The Bertz CT molecular complexity index is 509. The van der Waals surface area contributed by atoms with Crippen LogP contribution in [0.25, 0.3) is 0 Å². The molecule has 3 saturated heterocycles. The fraction of sp³-hybridized carbons (Fsp3) is 0.643. The van der Waals surface area contributed by atoms with Gasteiger partial charge in [-0.05, 0) is 34.7 Å². The zero-order chi connectivity index (χ0) is 13.7. The quantitative estimate of drug-likeness (QED) is 0.632. The van der Waals surface area contributed by atoms with Gasteiger partial charge in [0.25, 0.3) is 0 Å². The predicted molar refractivity (Wildman–Crippen MR) is 78.7 cm³/mol. The molecule has 3 aliphatic heterocycles. The first-order chi connectivity index (χ1) is 9.69. The summed E-state index contributed by atoms with van der Waals surface area (Å²) in [7, 11) is 0. The lowest BCUT2D eigenvalue weighted by Crippen LogP contribution is -2.61. The summed E-state index contributed by atoms with van der Waals surface area (Å²) in [6, 6.07) is 3.07. The third-order valence-electron chi connectivity index (χ3n) is 4.88. The Morgan fingerprint density at radius 2 is 1.95 bits per heavy atom. The molecule has 21 heavy (non-hydrogen) atoms. The first-order valence-electron chi connectivity index (χ1n) is 7.18. The van der Waals surface area contributed by atoms with E-state index in [0.717, 1.165) is 19.0 Å². The summed E-state index contributed by atoms with van der Waals surface area (Å²) in [6.45, 7) is 3.54. The molecule has 1 aromatic rings. The number of piperidine rings is 3. The van der Waals surface area contributed by atoms with Crippen LogP contribution < -0.4 is 4.74 Å². The van der Waals surface area contributed by atoms with Crippen molar-refractivity contribution in [1.82, 2.24) is 9.88 Å². The van der Waals surface area contributed by atoms with Crippen molar-refractivity contribution in [1.29, 1.82) is 0 Å². The van der Waals surface area contributed by atoms with Gasteiger partial charge in [0.1, 0.15) is 6.10 Å². The molecule has 0 aromatic carbocycles. The second-order valence-corrected chi connectivity index (χ2v) is 6.27. The van der Waals surface area contributed by atoms with Gasteiger partial charge in [-0.15, -0.1) is 12.4 Å². The number of nitro groups is 1. The van der Waals surface area contributed by atoms with Crippen LogP contribution in [-0.2, 0) is 0 Å². The molecule has 7 heteroatoms. The van der Waals surface area contributed by atoms with Gasteiger partial charge >= 0.3 is 5.82 Å². The highest BCUT2D eigenvalue weighted by molar-refractivity contribution is 5.85. The fourth-order valence-electron chi connectivity index (χ4n) is 4.26. The second kappa shape index (κ2) is 5.42. The first-order valence-corrected chi connectivity index (χ1v) is 7.18. The molecule has 0 N–H and O–H groups in total. The fourth-order valence-corrected chi connectivity index (χ4v) is 4.26. The van der Waals surface area contributed by atoms with Crippen LogP contribution in [-0.4, -0.2) is 40.5 Å². The van der Waals surface area contributed by atoms with Crippen molar-refractivity contribution in [2.45, 2.75) is 18.9 Å². The summed E-state index contributed by atoms with van der Waals surface area (Å²) >= 11 is 0. The van der Waals surface area contributed by atoms with E-state index in [4.69, 9.17) is 4.74 Å². The van der Waals surface area contributed by atoms with Gasteiger partial charge in [0, 0.05) is 37.5 Å². The summed E-state index contributed by atoms with van der Waals surface area (Å²) in [6.07, 6.45) is 4.26. The van der Waals surface area contributed by atoms with Crippen molar-refractivity contribution in [3.05, 3.63) is 28.4 Å². The van der Waals surface area contributed by atoms with Crippen LogP contribution >= 0.6 is 12.4 Å². The molecule has 1 aromatic heterocycles. The van der Waals surface area contributed by atoms with E-state index < -0.39 is 4.92 Å². The zero-order valence-electron chi connectivity index (χ0n) is 11.6. The monoisotopic (exact) mass is 311 g/mol. The Morgan fingerprint density at radius 3 is 2.48 bits per heavy atom. The van der Waals surface area contributed by atoms with E-state index in [1.807, 2.05) is 0 Å². The lowest BCUT2D eigenvalue weighted by Gasteiger charge is -2.55. The first kappa shape index (κ1) is 14.5. The Balaban J connectivity index is 0.00000132. The predicted octanol–water partition coefficient (Wildman–Crippen LogP) is 2.13. The van der Waals surface area contributed by atoms with Crippen LogP contribution in [0, 0.1) is 27.9 Å². The minimum Gasteiger partial charge on any atom is -0.486 e. The number of aromatic nitrogens is 1. The molecule has 2 unspecified atom stereocenters. The largest absolute Gasteiger partial charge is 0.486 e. The molecule has 1 saturated carbocycles. The van der Waals surface area contributed by atoms with E-state index in [1.165, 1.54) is 31.6 Å². The maximum atomic E-state index is 10.6. The number of rotatable bonds is 3. The van der Waals surface area contributed by atoms with Crippen molar-refractivity contribution in [3.63, 3.8) is 0 Å². The summed E-state index contributed by atoms with van der Waals surface area (Å²) in [5.41, 5.74) is 0. The molecule has 6 nitrogen and oxygen atoms in total. The van der Waals surface area contributed by atoms with E-state index in [2.05, 4.69) is 9.88 Å². The van der Waals surface area contributed by atoms with Gasteiger partial charge in [0.05, 0.1) is 0 Å². The average Bonchev–Trinajstić information content (AvgIpc) is 2.42. The van der Waals surface area contributed by atoms with Crippen LogP contribution in [0.4, 0.5) is 5.82 Å². The second-order valence-electron chi connectivity index (χ2n) is 6.27. The standard InChI is InChI=1S/C14H17N3O3.ClH/c18-17(19)13-2-1-12(5-15-13)20-14-10-3-9-4-11(14)8-16(6-9)7-10;/h1-2,5,9-11,14H,3-4,6-8H2;1H. The maximum Gasteiger partial charge on any atom is 0.363 e. The minimum absolute atomic E-state index is 0. The van der Waals surface area contributed by atoms with Crippen molar-refractivity contribution in [2.24, 2.45) is 17.8 Å². The van der Waals surface area contributed by atoms with Crippen molar-refractivity contribution in [2.75, 3.05) is 19.6 Å². The van der Waals surface area contributed by atoms with E-state index in [0.29, 0.717) is 17.6 Å². The van der Waals surface area contributed by atoms with E-state index in [9.17, 15) is 10.1 Å². The topological polar surface area (TPSA) is 68.5 Å². The Kier molecular flexibility index (Phi) is 3.75. The molecule has 1 aliphatic carbocycles. The Labute approximate surface area is 129 Å². The third-order valence-corrected chi connectivity index (χ3v) is 4.88. The Morgan fingerprint density at radius 1 is 1.24 bits per heavy atom. The van der Waals surface area contributed by atoms with Crippen molar-refractivity contribution >= 4 is 18.2 Å². The number of hydrogen-bond acceptors (Lipinski definition) is 5. The molecule has 0 amide bonds. The molecule has 4 fully saturated rings. The molecule has 4 heterocycles. The van der Waals surface area contributed by atoms with E-state index >= 15 is 0 Å². The SMILES string of the molecule is Cl.O=[N+]([O-])c1ccc(OC2C3CC4CC2CN(C4)C3)cn1. The molecule has 2 atom stereocenters. The molecular weight excluding hydrogens is 294 g/mol. The van der Waals surface area contributed by atoms with Gasteiger partial charge in [-0.1, -0.05) is 0 Å². The van der Waals surface area contributed by atoms with Crippen LogP contribution in [0.1, 0.15) is 12.8 Å². The lowest BCUT2D eigenvalue weighted by atomic mass is 9.66. The highest BCUT2D eigenvalue weighted by atomic mass is 35.5. The molecular formula is C14H18ClN3O3. The van der Waals surface area contributed by atoms with Gasteiger partial charge in [-0.2, -0.15) is 0 Å². The molecule has 5 rings (SSSR count). The van der Waals surface area contributed by atoms with Gasteiger partial charge in [-0.25, -0.2) is 0 Å². The highest BCUT2D eigenvalue weighted by Gasteiger charge is 2.48. The normalized spacial score (nSPS) is 36.1. The molecule has 0 spiro atoms. The molecule has 0 radical (unpaired) electrons. The lowest BCUT2D eigenvalue weighted by molar-refractivity contribution is -0.389. The van der Waals surface area contributed by atoms with Gasteiger partial charge in [-0.3, -0.25) is 0 Å². The van der Waals surface area contributed by atoms with Crippen LogP contribution in [0.5, 0.6) is 5.75 Å². The van der Waals surface area contributed by atoms with Crippen molar-refractivity contribution in [3.8, 4) is 5.75 Å². The maximum absolute atomic E-state index is 10.6. The minimum atomic E-state index is -0.486. The molecule has 4 aliphatic rings. The average molecular weight is 312 g/mol. The summed E-state index contributed by atoms with van der Waals surface area (Å²) in [4.78, 5) is 16.5. The Hall–Kier alpha value is -1.40. The number of nitrogens with zero attached hydrogens (tertiary/aromatic N) is 3. The third kappa shape index (κ3) is 2.58.